The van der Waals surface area contributed by atoms with Crippen molar-refractivity contribution in [2.75, 3.05) is 50.3 Å². The van der Waals surface area contributed by atoms with Crippen molar-refractivity contribution >= 4 is 28.8 Å². The van der Waals surface area contributed by atoms with Gasteiger partial charge in [0.15, 0.2) is 11.0 Å². The molecule has 4 heterocycles. The van der Waals surface area contributed by atoms with Crippen LogP contribution in [-0.2, 0) is 4.74 Å². The summed E-state index contributed by atoms with van der Waals surface area (Å²) < 4.78 is 19.0. The summed E-state index contributed by atoms with van der Waals surface area (Å²) in [4.78, 5) is 33.9. The van der Waals surface area contributed by atoms with Crippen LogP contribution < -0.4 is 20.0 Å². The molecule has 208 valence electrons. The molecule has 2 fully saturated rings. The van der Waals surface area contributed by atoms with Crippen LogP contribution in [0.5, 0.6) is 5.75 Å². The number of rotatable bonds is 8. The van der Waals surface area contributed by atoms with Crippen LogP contribution in [0.2, 0.25) is 0 Å². The molecule has 10 heteroatoms. The number of carbonyl (C=O) groups is 1. The Hall–Kier alpha value is -4.31. The molecule has 1 N–H and O–H groups in total. The van der Waals surface area contributed by atoms with Gasteiger partial charge in [0.25, 0.3) is 6.01 Å². The Balaban J connectivity index is 1.45. The first-order valence-corrected chi connectivity index (χ1v) is 13.6. The molecule has 2 aliphatic heterocycles. The number of carboxylic acids is 1. The summed E-state index contributed by atoms with van der Waals surface area (Å²) >= 11 is 0. The highest BCUT2D eigenvalue weighted by Crippen LogP contribution is 2.36. The second kappa shape index (κ2) is 10.7. The van der Waals surface area contributed by atoms with Gasteiger partial charge in [0.1, 0.15) is 16.8 Å². The van der Waals surface area contributed by atoms with Gasteiger partial charge in [-0.1, -0.05) is 6.07 Å². The number of nitrogens with zero attached hydrogens (tertiary/aromatic N) is 4. The van der Waals surface area contributed by atoms with Gasteiger partial charge in [-0.3, -0.25) is 4.79 Å². The molecular weight excluding hydrogens is 512 g/mol. The Morgan fingerprint density at radius 1 is 1.07 bits per heavy atom. The maximum Gasteiger partial charge on any atom is 0.341 e. The highest BCUT2D eigenvalue weighted by Gasteiger charge is 2.28. The molecule has 6 rings (SSSR count). The van der Waals surface area contributed by atoms with Crippen molar-refractivity contribution in [2.45, 2.75) is 31.7 Å². The highest BCUT2D eigenvalue weighted by molar-refractivity contribution is 5.88. The molecule has 2 saturated heterocycles. The fourth-order valence-corrected chi connectivity index (χ4v) is 5.81. The Bertz CT molecular complexity index is 1620. The molecule has 2 aromatic carbocycles. The van der Waals surface area contributed by atoms with Crippen molar-refractivity contribution < 1.29 is 23.8 Å². The van der Waals surface area contributed by atoms with E-state index in [1.165, 1.54) is 12.3 Å². The van der Waals surface area contributed by atoms with Crippen molar-refractivity contribution in [3.8, 4) is 22.7 Å². The van der Waals surface area contributed by atoms with Gasteiger partial charge < -0.3 is 33.4 Å². The van der Waals surface area contributed by atoms with Crippen LogP contribution in [0, 0.1) is 0 Å². The maximum atomic E-state index is 12.8. The number of aromatic nitrogens is 2. The van der Waals surface area contributed by atoms with Gasteiger partial charge in [0.2, 0.25) is 0 Å². The summed E-state index contributed by atoms with van der Waals surface area (Å²) in [6.07, 6.45) is 5.69. The van der Waals surface area contributed by atoms with Crippen LogP contribution in [0.25, 0.3) is 28.0 Å². The zero-order chi connectivity index (χ0) is 27.8. The van der Waals surface area contributed by atoms with Crippen LogP contribution in [0.1, 0.15) is 36.0 Å². The summed E-state index contributed by atoms with van der Waals surface area (Å²) in [5.41, 5.74) is 3.30. The Kier molecular flexibility index (Phi) is 6.93. The van der Waals surface area contributed by atoms with Crippen LogP contribution in [0.3, 0.4) is 0 Å². The van der Waals surface area contributed by atoms with Crippen molar-refractivity contribution in [3.63, 3.8) is 0 Å². The number of pyridine rings is 1. The quantitative estimate of drug-likeness (QED) is 0.341. The van der Waals surface area contributed by atoms with Gasteiger partial charge >= 0.3 is 5.97 Å². The number of fused-ring (bicyclic) bond motifs is 1. The average molecular weight is 545 g/mol. The van der Waals surface area contributed by atoms with E-state index in [-0.39, 0.29) is 11.6 Å². The van der Waals surface area contributed by atoms with E-state index in [9.17, 15) is 14.7 Å². The molecule has 0 amide bonds. The summed E-state index contributed by atoms with van der Waals surface area (Å²) in [6.45, 7) is 3.38. The van der Waals surface area contributed by atoms with Crippen molar-refractivity contribution in [1.29, 1.82) is 0 Å². The second-order valence-corrected chi connectivity index (χ2v) is 10.3. The summed E-state index contributed by atoms with van der Waals surface area (Å²) in [5.74, 6) is -0.583. The number of ether oxygens (including phenoxy) is 2. The third kappa shape index (κ3) is 4.68. The van der Waals surface area contributed by atoms with E-state index in [0.717, 1.165) is 56.6 Å². The highest BCUT2D eigenvalue weighted by atomic mass is 16.5. The van der Waals surface area contributed by atoms with Gasteiger partial charge in [0, 0.05) is 56.3 Å². The predicted molar refractivity (Wildman–Crippen MR) is 152 cm³/mol. The smallest absolute Gasteiger partial charge is 0.341 e. The van der Waals surface area contributed by atoms with Crippen LogP contribution in [0.15, 0.2) is 57.9 Å². The maximum absolute atomic E-state index is 12.8. The number of oxazole rings is 1. The molecule has 10 nitrogen and oxygen atoms in total. The molecule has 2 aromatic heterocycles. The average Bonchev–Trinajstić information content (AvgIpc) is 3.73. The van der Waals surface area contributed by atoms with Gasteiger partial charge in [-0.25, -0.2) is 4.79 Å². The van der Waals surface area contributed by atoms with Gasteiger partial charge in [-0.2, -0.15) is 4.98 Å². The van der Waals surface area contributed by atoms with Crippen LogP contribution in [0.4, 0.5) is 11.7 Å². The number of methoxy groups -OCH3 is 2. The normalized spacial score (nSPS) is 17.2. The minimum absolute atomic E-state index is 0.208. The number of hydrogen-bond acceptors (Lipinski definition) is 8. The first kappa shape index (κ1) is 25.9. The van der Waals surface area contributed by atoms with Crippen LogP contribution >= 0.6 is 0 Å². The molecular formula is C30H32N4O6. The van der Waals surface area contributed by atoms with E-state index in [4.69, 9.17) is 18.9 Å². The fraction of sp³-hybridized carbons (Fsp3) is 0.367. The largest absolute Gasteiger partial charge is 0.495 e. The number of aromatic carboxylic acids is 1. The standard InChI is InChI=1S/C30H32N4O6/c1-38-18-21-6-5-13-33(21)30-31-23-9-8-20(15-27(23)40-30)34-17-22(29(36)37)26(35)16-25(34)19-7-10-24(28(14-19)39-2)32-11-3-4-12-32/h7-10,14-17,21H,3-6,11-13,18H2,1-2H3,(H,36,37). The molecule has 0 spiro atoms. The number of anilines is 2. The van der Waals surface area contributed by atoms with Gasteiger partial charge in [-0.15, -0.1) is 0 Å². The molecule has 1 atom stereocenters. The van der Waals surface area contributed by atoms with Gasteiger partial charge in [-0.05, 0) is 49.9 Å². The molecule has 4 aromatic rings. The fourth-order valence-electron chi connectivity index (χ4n) is 5.81. The lowest BCUT2D eigenvalue weighted by Gasteiger charge is -2.22. The van der Waals surface area contributed by atoms with E-state index in [1.807, 2.05) is 36.4 Å². The Morgan fingerprint density at radius 3 is 2.65 bits per heavy atom. The number of benzene rings is 2. The van der Waals surface area contributed by atoms with Crippen molar-refractivity contribution in [3.05, 3.63) is 64.4 Å². The third-order valence-corrected chi connectivity index (χ3v) is 7.82. The Labute approximate surface area is 231 Å². The minimum Gasteiger partial charge on any atom is -0.495 e. The zero-order valence-corrected chi connectivity index (χ0v) is 22.6. The zero-order valence-electron chi connectivity index (χ0n) is 22.6. The van der Waals surface area contributed by atoms with Gasteiger partial charge in [0.05, 0.1) is 31.1 Å². The SMILES string of the molecule is COCC1CCCN1c1nc2ccc(-n3cc(C(=O)O)c(=O)cc3-c3ccc(N4CCCC4)c(OC)c3)cc2o1. The molecule has 0 saturated carbocycles. The first-order valence-electron chi connectivity index (χ1n) is 13.6. The first-order chi connectivity index (χ1) is 19.5. The second-order valence-electron chi connectivity index (χ2n) is 10.3. The van der Waals surface area contributed by atoms with E-state index in [0.29, 0.717) is 40.9 Å². The minimum atomic E-state index is -1.28. The summed E-state index contributed by atoms with van der Waals surface area (Å²) in [7, 11) is 3.32. The van der Waals surface area contributed by atoms with E-state index < -0.39 is 11.4 Å². The Morgan fingerprint density at radius 2 is 1.90 bits per heavy atom. The van der Waals surface area contributed by atoms with E-state index >= 15 is 0 Å². The molecule has 0 radical (unpaired) electrons. The number of hydrogen-bond donors (Lipinski definition) is 1. The molecule has 2 aliphatic rings. The lowest BCUT2D eigenvalue weighted by molar-refractivity contribution is 0.0695. The molecule has 1 unspecified atom stereocenters. The van der Waals surface area contributed by atoms with Crippen molar-refractivity contribution in [2.24, 2.45) is 0 Å². The van der Waals surface area contributed by atoms with E-state index in [1.54, 1.807) is 18.8 Å². The molecule has 40 heavy (non-hydrogen) atoms. The lowest BCUT2D eigenvalue weighted by atomic mass is 10.1. The predicted octanol–water partition coefficient (Wildman–Crippen LogP) is 4.57. The third-order valence-electron chi connectivity index (χ3n) is 7.82. The van der Waals surface area contributed by atoms with E-state index in [2.05, 4.69) is 9.80 Å². The topological polar surface area (TPSA) is 110 Å². The van der Waals surface area contributed by atoms with Crippen molar-refractivity contribution in [1.82, 2.24) is 9.55 Å². The molecule has 0 aliphatic carbocycles. The molecule has 0 bridgehead atoms. The summed E-state index contributed by atoms with van der Waals surface area (Å²) in [6, 6.07) is 13.5. The van der Waals surface area contributed by atoms with Crippen LogP contribution in [-0.4, -0.2) is 67.1 Å². The summed E-state index contributed by atoms with van der Waals surface area (Å²) in [5, 5.41) is 9.72. The number of carboxylic acid groups (broad SMARTS) is 1. The monoisotopic (exact) mass is 544 g/mol. The lowest BCUT2D eigenvalue weighted by Crippen LogP contribution is -2.32.